The van der Waals surface area contributed by atoms with Gasteiger partial charge in [-0.1, -0.05) is 53.2 Å². The van der Waals surface area contributed by atoms with Crippen LogP contribution >= 0.6 is 0 Å². The second-order valence-corrected chi connectivity index (χ2v) is 25.2. The molecule has 418 valence electrons. The van der Waals surface area contributed by atoms with E-state index >= 15 is 0 Å². The molecule has 8 fully saturated rings. The fraction of sp³-hybridized carbons (Fsp3) is 0.942. The van der Waals surface area contributed by atoms with Crippen LogP contribution in [0.3, 0.4) is 0 Å². The summed E-state index contributed by atoms with van der Waals surface area (Å²) in [7, 11) is 0. The van der Waals surface area contributed by atoms with Crippen LogP contribution in [0.5, 0.6) is 0 Å². The number of aliphatic carboxylic acids is 1. The number of ether oxygens (including phenoxy) is 8. The van der Waals surface area contributed by atoms with E-state index in [1.807, 2.05) is 6.92 Å². The molecule has 0 radical (unpaired) electrons. The van der Waals surface area contributed by atoms with Crippen LogP contribution in [-0.2, 0) is 42.7 Å². The molecule has 4 saturated heterocycles. The van der Waals surface area contributed by atoms with E-state index in [9.17, 15) is 66.1 Å². The summed E-state index contributed by atoms with van der Waals surface area (Å²) in [6, 6.07) is 0. The molecule has 21 heteroatoms. The molecule has 0 aromatic rings. The maximum absolute atomic E-state index is 13.2. The molecule has 4 saturated carbocycles. The first kappa shape index (κ1) is 56.2. The van der Waals surface area contributed by atoms with Crippen LogP contribution in [-0.4, -0.2) is 210 Å². The van der Waals surface area contributed by atoms with Gasteiger partial charge >= 0.3 is 5.97 Å². The molecule has 9 rings (SSSR count). The number of carboxylic acid groups (broad SMARTS) is 1. The molecule has 0 amide bonds. The van der Waals surface area contributed by atoms with Gasteiger partial charge in [-0.25, -0.2) is 0 Å². The van der Waals surface area contributed by atoms with Crippen molar-refractivity contribution in [2.45, 2.75) is 229 Å². The summed E-state index contributed by atoms with van der Waals surface area (Å²) < 4.78 is 48.5. The molecular weight excluding hydrogens is 961 g/mol. The van der Waals surface area contributed by atoms with Gasteiger partial charge in [-0.05, 0) is 111 Å². The number of carbonyl (C=O) groups is 1. The molecule has 4 aliphatic heterocycles. The van der Waals surface area contributed by atoms with Gasteiger partial charge in [0.25, 0.3) is 0 Å². The lowest BCUT2D eigenvalue weighted by atomic mass is 9.33. The second kappa shape index (κ2) is 20.3. The van der Waals surface area contributed by atoms with E-state index in [1.165, 1.54) is 12.5 Å². The average molecular weight is 1050 g/mol. The Morgan fingerprint density at radius 1 is 0.644 bits per heavy atom. The first-order valence-corrected chi connectivity index (χ1v) is 26.7. The number of fused-ring (bicyclic) bond motifs is 7. The monoisotopic (exact) mass is 1040 g/mol. The van der Waals surface area contributed by atoms with Crippen LogP contribution in [0.2, 0.25) is 0 Å². The molecule has 0 spiro atoms. The molecule has 12 N–H and O–H groups in total. The average Bonchev–Trinajstić information content (AvgIpc) is 3.34. The zero-order valence-electron chi connectivity index (χ0n) is 43.2. The molecule has 27 atom stereocenters. The Bertz CT molecular complexity index is 2010. The molecule has 0 bridgehead atoms. The maximum Gasteiger partial charge on any atom is 0.310 e. The quantitative estimate of drug-likeness (QED) is 0.0942. The fourth-order valence-corrected chi connectivity index (χ4v) is 16.0. The number of hydrogen-bond acceptors (Lipinski definition) is 20. The Hall–Kier alpha value is -1.55. The molecule has 5 aliphatic carbocycles. The predicted octanol–water partition coefficient (Wildman–Crippen LogP) is -0.191. The van der Waals surface area contributed by atoms with Gasteiger partial charge in [0.05, 0.1) is 44.1 Å². The molecule has 4 heterocycles. The standard InChI is InChI=1S/C52H84O21/c1-23-32(56)40(72-42-37(61)33(57)26(55)20-66-42)39(63)44(68-23)73-41-35(59)28(70-43-38(62)36(60)34(58)27(19-53)69-43)21-67-45(41)71-31-11-12-48(4)29(49(31,5)22-54)10-13-51(7)30(48)9-8-24-25-18-47(2,3)14-16-52(25,46(64)65)17-15-50(24,51)6/h8,23,25-45,53-63H,9-22H2,1-7H3,(H,64,65)/t23-,25?,26-,27-,28-,29?,30?,31-,32-,33-,34-,35-,36+,37+,38-,39+,40+,41+,42-,43?,44-,45-,48-,49?,50+,51+,52?/m0/s1. The van der Waals surface area contributed by atoms with Crippen molar-refractivity contribution in [1.82, 2.24) is 0 Å². The van der Waals surface area contributed by atoms with Gasteiger partial charge in [0.15, 0.2) is 25.2 Å². The van der Waals surface area contributed by atoms with Gasteiger partial charge in [0.2, 0.25) is 0 Å². The van der Waals surface area contributed by atoms with Crippen molar-refractivity contribution in [1.29, 1.82) is 0 Å². The fourth-order valence-electron chi connectivity index (χ4n) is 16.0. The Morgan fingerprint density at radius 3 is 1.99 bits per heavy atom. The summed E-state index contributed by atoms with van der Waals surface area (Å²) in [6.07, 6.45) is -19.7. The molecule has 73 heavy (non-hydrogen) atoms. The highest BCUT2D eigenvalue weighted by atomic mass is 16.8. The van der Waals surface area contributed by atoms with Gasteiger partial charge < -0.3 is 99.2 Å². The Morgan fingerprint density at radius 2 is 1.30 bits per heavy atom. The summed E-state index contributed by atoms with van der Waals surface area (Å²) in [5, 5.41) is 130. The zero-order valence-corrected chi connectivity index (χ0v) is 43.2. The molecule has 9 aliphatic rings. The van der Waals surface area contributed by atoms with Gasteiger partial charge in [0.1, 0.15) is 79.4 Å². The summed E-state index contributed by atoms with van der Waals surface area (Å²) >= 11 is 0. The third-order valence-corrected chi connectivity index (χ3v) is 20.8. The van der Waals surface area contributed by atoms with Gasteiger partial charge in [0, 0.05) is 5.41 Å². The van der Waals surface area contributed by atoms with Gasteiger partial charge in [-0.3, -0.25) is 4.79 Å². The highest BCUT2D eigenvalue weighted by Gasteiger charge is 2.70. The van der Waals surface area contributed by atoms with Gasteiger partial charge in [-0.15, -0.1) is 0 Å². The van der Waals surface area contributed by atoms with Crippen molar-refractivity contribution in [3.05, 3.63) is 11.6 Å². The Labute approximate surface area is 426 Å². The van der Waals surface area contributed by atoms with Crippen LogP contribution in [0, 0.1) is 50.2 Å². The molecule has 21 nitrogen and oxygen atoms in total. The minimum Gasteiger partial charge on any atom is -0.481 e. The van der Waals surface area contributed by atoms with E-state index in [2.05, 4.69) is 40.7 Å². The highest BCUT2D eigenvalue weighted by Crippen LogP contribution is 2.76. The number of allylic oxidation sites excluding steroid dienone is 2. The number of aliphatic hydroxyl groups excluding tert-OH is 11. The number of hydrogen-bond donors (Lipinski definition) is 12. The lowest BCUT2D eigenvalue weighted by Crippen LogP contribution is -2.67. The van der Waals surface area contributed by atoms with Crippen LogP contribution in [0.15, 0.2) is 11.6 Å². The van der Waals surface area contributed by atoms with E-state index in [0.717, 1.165) is 38.5 Å². The van der Waals surface area contributed by atoms with Crippen LogP contribution in [0.4, 0.5) is 0 Å². The van der Waals surface area contributed by atoms with E-state index in [0.29, 0.717) is 25.7 Å². The highest BCUT2D eigenvalue weighted by molar-refractivity contribution is 5.76. The van der Waals surface area contributed by atoms with Crippen molar-refractivity contribution in [2.75, 3.05) is 26.4 Å². The number of rotatable bonds is 11. The Balaban J connectivity index is 0.982. The lowest BCUT2D eigenvalue weighted by molar-refractivity contribution is -0.389. The number of carboxylic acids is 1. The lowest BCUT2D eigenvalue weighted by Gasteiger charge is -2.71. The summed E-state index contributed by atoms with van der Waals surface area (Å²) in [5.74, 6) is -0.589. The summed E-state index contributed by atoms with van der Waals surface area (Å²) in [5.41, 5.74) is -0.985. The van der Waals surface area contributed by atoms with Crippen molar-refractivity contribution in [3.63, 3.8) is 0 Å². The minimum absolute atomic E-state index is 0.0263. The smallest absolute Gasteiger partial charge is 0.310 e. The van der Waals surface area contributed by atoms with Crippen LogP contribution in [0.1, 0.15) is 113 Å². The van der Waals surface area contributed by atoms with Crippen LogP contribution in [0.25, 0.3) is 0 Å². The third kappa shape index (κ3) is 9.10. The van der Waals surface area contributed by atoms with E-state index in [-0.39, 0.29) is 46.0 Å². The van der Waals surface area contributed by atoms with Crippen molar-refractivity contribution in [2.24, 2.45) is 50.2 Å². The third-order valence-electron chi connectivity index (χ3n) is 20.8. The summed E-state index contributed by atoms with van der Waals surface area (Å²) in [6.45, 7) is 13.3. The zero-order chi connectivity index (χ0) is 53.1. The largest absolute Gasteiger partial charge is 0.481 e. The summed E-state index contributed by atoms with van der Waals surface area (Å²) in [4.78, 5) is 13.2. The van der Waals surface area contributed by atoms with Gasteiger partial charge in [-0.2, -0.15) is 0 Å². The van der Waals surface area contributed by atoms with Crippen molar-refractivity contribution < 1.29 is 104 Å². The molecule has 0 aromatic heterocycles. The van der Waals surface area contributed by atoms with E-state index in [1.54, 1.807) is 0 Å². The first-order valence-electron chi connectivity index (χ1n) is 26.7. The SMILES string of the molecule is C[C@@H]1O[C@@H](O[C@H]2[C@H](O[C@H]3CC[C@@]4(C)C(CC[C@]5(C)C4CC=C4C6CC(C)(C)CCC6(C(=O)O)CC[C@]45C)C3(C)CO)OC[C@H](OC3O[C@@H](CO)[C@H](O)[C@@H](O)[C@@H]3O)[C@@H]2O)[C@H](O)[C@H](O[C@@H]2OC[C@H](O)[C@H](O)[C@H]2O)[C@H]1O. The second-order valence-electron chi connectivity index (χ2n) is 25.2. The molecule has 6 unspecified atom stereocenters. The van der Waals surface area contributed by atoms with Crippen LogP contribution < -0.4 is 0 Å². The van der Waals surface area contributed by atoms with Crippen molar-refractivity contribution >= 4 is 5.97 Å². The topological polar surface area (TPSA) is 334 Å². The minimum atomic E-state index is -1.86. The maximum atomic E-state index is 13.2. The molecular formula is C52H84O21. The Kier molecular flexibility index (Phi) is 15.6. The van der Waals surface area contributed by atoms with E-state index < -0.39 is 153 Å². The van der Waals surface area contributed by atoms with Crippen molar-refractivity contribution in [3.8, 4) is 0 Å². The predicted molar refractivity (Wildman–Crippen MR) is 251 cm³/mol. The normalized spacial score (nSPS) is 55.0. The first-order chi connectivity index (χ1) is 34.2. The number of aliphatic hydroxyl groups is 11. The molecule has 0 aromatic carbocycles. The van der Waals surface area contributed by atoms with E-state index in [4.69, 9.17) is 37.9 Å².